The minimum Gasteiger partial charge on any atom is -0.440 e. The molecule has 13 heteroatoms. The van der Waals surface area contributed by atoms with Crippen molar-refractivity contribution in [3.8, 4) is 34.4 Å². The first-order valence-corrected chi connectivity index (χ1v) is 14.6. The van der Waals surface area contributed by atoms with Crippen LogP contribution < -0.4 is 5.73 Å². The first kappa shape index (κ1) is 30.4. The Bertz CT molecular complexity index is 2030. The van der Waals surface area contributed by atoms with Gasteiger partial charge in [-0.15, -0.1) is 0 Å². The largest absolute Gasteiger partial charge is 0.440 e. The quantitative estimate of drug-likeness (QED) is 0.179. The zero-order valence-electron chi connectivity index (χ0n) is 24.0. The number of aromatic nitrogens is 7. The molecule has 0 atom stereocenters. The standard InChI is InChI=1S/C17H12ClN5O.C16H12ClN3O2/c18-13-3-1-11(2-4-13)9-14-15(16-20-10-21-23-16)22-17(24-14)12-5-7-19-8-6-12;17-12-3-1-10(2-4-12)9-13-14(15(18)21)20-16(22-13)11-5-7-19-8-6-11/h1-8,10H,9H2,(H,20,21,23);1-8H,9H2,(H2,18,21). The lowest BCUT2D eigenvalue weighted by Gasteiger charge is -2.00. The summed E-state index contributed by atoms with van der Waals surface area (Å²) in [6.45, 7) is 0. The highest BCUT2D eigenvalue weighted by atomic mass is 35.5. The zero-order valence-corrected chi connectivity index (χ0v) is 25.5. The lowest BCUT2D eigenvalue weighted by molar-refractivity contribution is 0.0994. The Morgan fingerprint density at radius 1 is 0.696 bits per heavy atom. The van der Waals surface area contributed by atoms with Crippen molar-refractivity contribution in [3.63, 3.8) is 0 Å². The number of H-pyrrole nitrogens is 1. The van der Waals surface area contributed by atoms with Crippen molar-refractivity contribution in [1.29, 1.82) is 0 Å². The van der Waals surface area contributed by atoms with E-state index in [1.54, 1.807) is 49.1 Å². The Morgan fingerprint density at radius 2 is 1.20 bits per heavy atom. The molecule has 2 aromatic carbocycles. The van der Waals surface area contributed by atoms with Gasteiger partial charge in [0, 0.05) is 58.8 Å². The molecule has 7 rings (SSSR count). The topological polar surface area (TPSA) is 162 Å². The molecule has 46 heavy (non-hydrogen) atoms. The number of rotatable bonds is 8. The smallest absolute Gasteiger partial charge is 0.270 e. The fourth-order valence-electron chi connectivity index (χ4n) is 4.45. The number of nitrogens with one attached hydrogen (secondary N) is 1. The maximum Gasteiger partial charge on any atom is 0.270 e. The Kier molecular flexibility index (Phi) is 9.23. The van der Waals surface area contributed by atoms with Crippen LogP contribution in [-0.4, -0.2) is 41.0 Å². The molecule has 0 spiro atoms. The summed E-state index contributed by atoms with van der Waals surface area (Å²) in [4.78, 5) is 32.5. The molecule has 3 N–H and O–H groups in total. The number of nitrogens with two attached hydrogens (primary N) is 1. The third-order valence-electron chi connectivity index (χ3n) is 6.68. The highest BCUT2D eigenvalue weighted by molar-refractivity contribution is 6.30. The average Bonchev–Trinajstić information content (AvgIpc) is 3.85. The maximum absolute atomic E-state index is 11.6. The van der Waals surface area contributed by atoms with E-state index in [2.05, 4.69) is 35.1 Å². The van der Waals surface area contributed by atoms with Gasteiger partial charge in [-0.1, -0.05) is 47.5 Å². The van der Waals surface area contributed by atoms with Gasteiger partial charge in [0.1, 0.15) is 23.5 Å². The molecule has 0 radical (unpaired) electrons. The minimum atomic E-state index is -0.618. The van der Waals surface area contributed by atoms with Crippen LogP contribution in [0, 0.1) is 0 Å². The normalized spacial score (nSPS) is 10.7. The molecule has 0 saturated heterocycles. The maximum atomic E-state index is 11.6. The minimum absolute atomic E-state index is 0.141. The molecular weight excluding hydrogens is 627 g/mol. The van der Waals surface area contributed by atoms with E-state index in [4.69, 9.17) is 37.8 Å². The van der Waals surface area contributed by atoms with Gasteiger partial charge >= 0.3 is 0 Å². The first-order valence-electron chi connectivity index (χ1n) is 13.9. The van der Waals surface area contributed by atoms with Crippen molar-refractivity contribution in [2.75, 3.05) is 0 Å². The summed E-state index contributed by atoms with van der Waals surface area (Å²) >= 11 is 11.8. The molecule has 11 nitrogen and oxygen atoms in total. The molecule has 7 aromatic rings. The van der Waals surface area contributed by atoms with Gasteiger partial charge in [0.2, 0.25) is 11.8 Å². The van der Waals surface area contributed by atoms with Crippen LogP contribution in [0.15, 0.2) is 113 Å². The van der Waals surface area contributed by atoms with E-state index in [1.807, 2.05) is 48.5 Å². The second-order valence-electron chi connectivity index (χ2n) is 9.86. The summed E-state index contributed by atoms with van der Waals surface area (Å²) in [5.74, 6) is 1.96. The third-order valence-corrected chi connectivity index (χ3v) is 7.18. The molecule has 0 aliphatic rings. The molecule has 228 valence electrons. The number of benzene rings is 2. The predicted octanol–water partition coefficient (Wildman–Crippen LogP) is 6.85. The van der Waals surface area contributed by atoms with Crippen molar-refractivity contribution in [2.24, 2.45) is 5.73 Å². The Labute approximate surface area is 272 Å². The molecular formula is C33H24Cl2N8O3. The molecule has 0 unspecified atom stereocenters. The summed E-state index contributed by atoms with van der Waals surface area (Å²) in [5.41, 5.74) is 9.78. The molecule has 0 bridgehead atoms. The first-order chi connectivity index (χ1) is 22.4. The number of primary amides is 1. The number of aromatic amines is 1. The third kappa shape index (κ3) is 7.34. The number of oxazole rings is 2. The van der Waals surface area contributed by atoms with E-state index in [-0.39, 0.29) is 5.69 Å². The summed E-state index contributed by atoms with van der Waals surface area (Å²) in [6.07, 6.45) is 9.09. The number of hydrogen-bond acceptors (Lipinski definition) is 9. The summed E-state index contributed by atoms with van der Waals surface area (Å²) in [5, 5.41) is 8.08. The molecule has 0 aliphatic carbocycles. The van der Waals surface area contributed by atoms with E-state index < -0.39 is 5.91 Å². The second kappa shape index (κ2) is 14.0. The number of nitrogens with zero attached hydrogens (tertiary/aromatic N) is 6. The van der Waals surface area contributed by atoms with Crippen molar-refractivity contribution >= 4 is 29.1 Å². The van der Waals surface area contributed by atoms with Crippen molar-refractivity contribution in [3.05, 3.63) is 142 Å². The van der Waals surface area contributed by atoms with Gasteiger partial charge in [0.05, 0.1) is 0 Å². The molecule has 0 aliphatic heterocycles. The monoisotopic (exact) mass is 650 g/mol. The SMILES string of the molecule is Clc1ccc(Cc2oc(-c3ccncc3)nc2-c2ncn[nH]2)cc1.NC(=O)c1nc(-c2ccncc2)oc1Cc1ccc(Cl)cc1. The lowest BCUT2D eigenvalue weighted by atomic mass is 10.1. The highest BCUT2D eigenvalue weighted by Gasteiger charge is 2.20. The van der Waals surface area contributed by atoms with Crippen LogP contribution in [0.1, 0.15) is 33.1 Å². The van der Waals surface area contributed by atoms with Crippen LogP contribution in [0.3, 0.4) is 0 Å². The van der Waals surface area contributed by atoms with Crippen LogP contribution in [0.25, 0.3) is 34.4 Å². The summed E-state index contributed by atoms with van der Waals surface area (Å²) < 4.78 is 11.7. The lowest BCUT2D eigenvalue weighted by Crippen LogP contribution is -2.13. The van der Waals surface area contributed by atoms with E-state index in [9.17, 15) is 4.79 Å². The fourth-order valence-corrected chi connectivity index (χ4v) is 4.70. The van der Waals surface area contributed by atoms with Gasteiger partial charge in [-0.2, -0.15) is 5.10 Å². The highest BCUT2D eigenvalue weighted by Crippen LogP contribution is 2.29. The molecule has 5 aromatic heterocycles. The van der Waals surface area contributed by atoms with E-state index in [1.165, 1.54) is 6.33 Å². The number of amides is 1. The van der Waals surface area contributed by atoms with Gasteiger partial charge in [-0.25, -0.2) is 15.0 Å². The van der Waals surface area contributed by atoms with Crippen LogP contribution >= 0.6 is 23.2 Å². The van der Waals surface area contributed by atoms with Crippen LogP contribution in [-0.2, 0) is 12.8 Å². The number of pyridine rings is 2. The second-order valence-corrected chi connectivity index (χ2v) is 10.7. The number of hydrogen-bond donors (Lipinski definition) is 2. The van der Waals surface area contributed by atoms with Gasteiger partial charge in [-0.05, 0) is 59.7 Å². The van der Waals surface area contributed by atoms with Crippen LogP contribution in [0.4, 0.5) is 0 Å². The van der Waals surface area contributed by atoms with Crippen molar-refractivity contribution in [1.82, 2.24) is 35.1 Å². The molecule has 5 heterocycles. The fraction of sp³-hybridized carbons (Fsp3) is 0.0606. The summed E-state index contributed by atoms with van der Waals surface area (Å²) in [7, 11) is 0. The van der Waals surface area contributed by atoms with Gasteiger partial charge in [-0.3, -0.25) is 19.9 Å². The number of halogens is 2. The summed E-state index contributed by atoms with van der Waals surface area (Å²) in [6, 6.07) is 22.1. The van der Waals surface area contributed by atoms with Gasteiger partial charge < -0.3 is 14.6 Å². The van der Waals surface area contributed by atoms with Gasteiger partial charge in [0.15, 0.2) is 11.5 Å². The predicted molar refractivity (Wildman–Crippen MR) is 172 cm³/mol. The Balaban J connectivity index is 0.000000162. The molecule has 1 amide bonds. The Hall–Kier alpha value is -5.65. The van der Waals surface area contributed by atoms with E-state index >= 15 is 0 Å². The van der Waals surface area contributed by atoms with Crippen LogP contribution in [0.2, 0.25) is 10.0 Å². The van der Waals surface area contributed by atoms with E-state index in [0.29, 0.717) is 57.7 Å². The zero-order chi connectivity index (χ0) is 31.9. The average molecular weight is 652 g/mol. The number of carbonyl (C=O) groups excluding carboxylic acids is 1. The van der Waals surface area contributed by atoms with Crippen LogP contribution in [0.5, 0.6) is 0 Å². The Morgan fingerprint density at radius 3 is 1.70 bits per heavy atom. The van der Waals surface area contributed by atoms with Crippen molar-refractivity contribution < 1.29 is 13.6 Å². The number of carbonyl (C=O) groups is 1. The van der Waals surface area contributed by atoms with Gasteiger partial charge in [0.25, 0.3) is 5.91 Å². The molecule has 0 fully saturated rings. The molecule has 0 saturated carbocycles. The van der Waals surface area contributed by atoms with Crippen molar-refractivity contribution in [2.45, 2.75) is 12.8 Å². The van der Waals surface area contributed by atoms with E-state index in [0.717, 1.165) is 22.3 Å².